The van der Waals surface area contributed by atoms with Crippen LogP contribution < -0.4 is 0 Å². The molecule has 0 heterocycles. The second-order valence-corrected chi connectivity index (χ2v) is 5.52. The van der Waals surface area contributed by atoms with Gasteiger partial charge in [0.05, 0.1) is 0 Å². The fraction of sp³-hybridized carbons (Fsp3) is 0. The first-order chi connectivity index (χ1) is 10.0. The lowest BCUT2D eigenvalue weighted by molar-refractivity contribution is 0.104. The van der Waals surface area contributed by atoms with Crippen molar-refractivity contribution in [2.45, 2.75) is 0 Å². The molecule has 0 aliphatic carbocycles. The number of rotatable bonds is 3. The number of allylic oxidation sites excluding steroid dienone is 1. The molecule has 5 heteroatoms. The van der Waals surface area contributed by atoms with E-state index in [0.29, 0.717) is 15.1 Å². The molecule has 0 unspecified atom stereocenters. The summed E-state index contributed by atoms with van der Waals surface area (Å²) < 4.78 is 14.3. The van der Waals surface area contributed by atoms with Crippen LogP contribution >= 0.6 is 27.5 Å². The van der Waals surface area contributed by atoms with E-state index in [9.17, 15) is 9.18 Å². The number of hydrogen-bond donors (Lipinski definition) is 0. The number of ketones is 1. The van der Waals surface area contributed by atoms with Crippen LogP contribution in [-0.2, 0) is 0 Å². The fourth-order valence-electron chi connectivity index (χ4n) is 1.69. The van der Waals surface area contributed by atoms with Crippen LogP contribution in [0.3, 0.4) is 0 Å². The van der Waals surface area contributed by atoms with Crippen molar-refractivity contribution < 1.29 is 9.18 Å². The molecule has 0 atom stereocenters. The summed E-state index contributed by atoms with van der Waals surface area (Å²) in [7, 11) is 0. The number of nitriles is 1. The Morgan fingerprint density at radius 1 is 1.24 bits per heavy atom. The van der Waals surface area contributed by atoms with Crippen molar-refractivity contribution in [3.63, 3.8) is 0 Å². The highest BCUT2D eigenvalue weighted by Gasteiger charge is 2.13. The number of carbonyl (C=O) groups is 1. The van der Waals surface area contributed by atoms with Crippen molar-refractivity contribution in [3.8, 4) is 6.07 Å². The molecular weight excluding hydrogens is 357 g/mol. The van der Waals surface area contributed by atoms with Crippen molar-refractivity contribution in [1.82, 2.24) is 0 Å². The Hall–Kier alpha value is -1.96. The number of carbonyl (C=O) groups excluding carboxylic acids is 1. The van der Waals surface area contributed by atoms with Gasteiger partial charge < -0.3 is 0 Å². The van der Waals surface area contributed by atoms with E-state index in [1.165, 1.54) is 30.3 Å². The molecule has 104 valence electrons. The fourth-order valence-corrected chi connectivity index (χ4v) is 2.19. The molecule has 0 spiro atoms. The van der Waals surface area contributed by atoms with Crippen molar-refractivity contribution >= 4 is 39.4 Å². The number of halogens is 3. The number of benzene rings is 2. The molecule has 0 saturated heterocycles. The molecule has 0 fully saturated rings. The van der Waals surface area contributed by atoms with E-state index in [1.54, 1.807) is 24.3 Å². The molecular formula is C16H8BrClFNO. The van der Waals surface area contributed by atoms with Crippen LogP contribution in [0.15, 0.2) is 52.5 Å². The first kappa shape index (κ1) is 15.4. The van der Waals surface area contributed by atoms with Gasteiger partial charge in [0.25, 0.3) is 0 Å². The van der Waals surface area contributed by atoms with Crippen LogP contribution in [0.25, 0.3) is 6.08 Å². The van der Waals surface area contributed by atoms with E-state index >= 15 is 0 Å². The van der Waals surface area contributed by atoms with Crippen LogP contribution in [0.1, 0.15) is 15.9 Å². The summed E-state index contributed by atoms with van der Waals surface area (Å²) in [6.45, 7) is 0. The van der Waals surface area contributed by atoms with Gasteiger partial charge in [-0.2, -0.15) is 5.26 Å². The Kier molecular flexibility index (Phi) is 4.89. The molecule has 0 saturated carbocycles. The van der Waals surface area contributed by atoms with Gasteiger partial charge in [-0.1, -0.05) is 27.5 Å². The van der Waals surface area contributed by atoms with Gasteiger partial charge in [-0.25, -0.2) is 4.39 Å². The van der Waals surface area contributed by atoms with Gasteiger partial charge in [0, 0.05) is 20.6 Å². The molecule has 0 amide bonds. The molecule has 0 N–H and O–H groups in total. The Morgan fingerprint density at radius 3 is 2.52 bits per heavy atom. The van der Waals surface area contributed by atoms with E-state index in [-0.39, 0.29) is 11.1 Å². The zero-order valence-corrected chi connectivity index (χ0v) is 13.0. The van der Waals surface area contributed by atoms with Crippen molar-refractivity contribution in [2.75, 3.05) is 0 Å². The summed E-state index contributed by atoms with van der Waals surface area (Å²) in [6, 6.07) is 12.3. The van der Waals surface area contributed by atoms with Gasteiger partial charge in [-0.15, -0.1) is 0 Å². The first-order valence-corrected chi connectivity index (χ1v) is 7.05. The predicted molar refractivity (Wildman–Crippen MR) is 83.5 cm³/mol. The largest absolute Gasteiger partial charge is 0.288 e. The second kappa shape index (κ2) is 6.66. The van der Waals surface area contributed by atoms with Gasteiger partial charge in [0.15, 0.2) is 0 Å². The zero-order valence-electron chi connectivity index (χ0n) is 10.6. The van der Waals surface area contributed by atoms with Gasteiger partial charge in [0.2, 0.25) is 5.78 Å². The monoisotopic (exact) mass is 363 g/mol. The maximum atomic E-state index is 13.7. The minimum atomic E-state index is -0.505. The average molecular weight is 365 g/mol. The van der Waals surface area contributed by atoms with Crippen LogP contribution in [0.4, 0.5) is 4.39 Å². The van der Waals surface area contributed by atoms with Crippen molar-refractivity contribution in [1.29, 1.82) is 5.26 Å². The summed E-state index contributed by atoms with van der Waals surface area (Å²) in [6.07, 6.45) is 1.23. The second-order valence-electron chi connectivity index (χ2n) is 4.17. The van der Waals surface area contributed by atoms with Crippen LogP contribution in [0.5, 0.6) is 0 Å². The Bertz CT molecular complexity index is 763. The van der Waals surface area contributed by atoms with E-state index in [4.69, 9.17) is 16.9 Å². The summed E-state index contributed by atoms with van der Waals surface area (Å²) >= 11 is 8.97. The molecule has 0 aliphatic rings. The van der Waals surface area contributed by atoms with E-state index in [1.807, 2.05) is 0 Å². The normalized spacial score (nSPS) is 11.0. The smallest absolute Gasteiger partial charge is 0.203 e. The Balaban J connectivity index is 2.41. The SMILES string of the molecule is N#C/C(=C\c1cc(Br)ccc1F)C(=O)c1ccc(Cl)cc1. The summed E-state index contributed by atoms with van der Waals surface area (Å²) in [5.74, 6) is -0.983. The molecule has 2 rings (SSSR count). The van der Waals surface area contributed by atoms with Gasteiger partial charge in [-0.05, 0) is 48.5 Å². The quantitative estimate of drug-likeness (QED) is 0.435. The van der Waals surface area contributed by atoms with Crippen LogP contribution in [0.2, 0.25) is 5.02 Å². The molecule has 0 aromatic heterocycles. The summed E-state index contributed by atoms with van der Waals surface area (Å²) in [4.78, 5) is 12.2. The molecule has 0 bridgehead atoms. The van der Waals surface area contributed by atoms with Crippen molar-refractivity contribution in [3.05, 3.63) is 74.5 Å². The van der Waals surface area contributed by atoms with E-state index < -0.39 is 11.6 Å². The molecule has 0 radical (unpaired) electrons. The third-order valence-electron chi connectivity index (χ3n) is 2.73. The first-order valence-electron chi connectivity index (χ1n) is 5.88. The highest BCUT2D eigenvalue weighted by atomic mass is 79.9. The van der Waals surface area contributed by atoms with E-state index in [0.717, 1.165) is 0 Å². The standard InChI is InChI=1S/C16H8BrClFNO/c17-13-3-6-15(19)11(8-13)7-12(9-20)16(21)10-1-4-14(18)5-2-10/h1-8H/b12-7+. The minimum Gasteiger partial charge on any atom is -0.288 e. The average Bonchev–Trinajstić information content (AvgIpc) is 2.48. The number of hydrogen-bond acceptors (Lipinski definition) is 2. The lowest BCUT2D eigenvalue weighted by Gasteiger charge is -2.02. The maximum Gasteiger partial charge on any atom is 0.203 e. The highest BCUT2D eigenvalue weighted by molar-refractivity contribution is 9.10. The Morgan fingerprint density at radius 2 is 1.90 bits per heavy atom. The zero-order chi connectivity index (χ0) is 15.4. The summed E-state index contributed by atoms with van der Waals surface area (Å²) in [5, 5.41) is 9.63. The van der Waals surface area contributed by atoms with Crippen LogP contribution in [0, 0.1) is 17.1 Å². The number of Topliss-reactive ketones (excluding diaryl/α,β-unsaturated/α-hetero) is 1. The highest BCUT2D eigenvalue weighted by Crippen LogP contribution is 2.20. The molecule has 2 aromatic carbocycles. The molecule has 2 nitrogen and oxygen atoms in total. The van der Waals surface area contributed by atoms with Gasteiger partial charge in [-0.3, -0.25) is 4.79 Å². The lowest BCUT2D eigenvalue weighted by atomic mass is 10.0. The predicted octanol–water partition coefficient (Wildman–Crippen LogP) is 5.03. The number of nitrogens with zero attached hydrogens (tertiary/aromatic N) is 1. The van der Waals surface area contributed by atoms with Crippen molar-refractivity contribution in [2.24, 2.45) is 0 Å². The lowest BCUT2D eigenvalue weighted by Crippen LogP contribution is -2.02. The van der Waals surface area contributed by atoms with E-state index in [2.05, 4.69) is 15.9 Å². The van der Waals surface area contributed by atoms with Gasteiger partial charge in [0.1, 0.15) is 17.5 Å². The third kappa shape index (κ3) is 3.78. The third-order valence-corrected chi connectivity index (χ3v) is 3.47. The molecule has 2 aromatic rings. The van der Waals surface area contributed by atoms with Gasteiger partial charge >= 0.3 is 0 Å². The minimum absolute atomic E-state index is 0.144. The molecule has 0 aliphatic heterocycles. The Labute approximate surface area is 134 Å². The topological polar surface area (TPSA) is 40.9 Å². The maximum absolute atomic E-state index is 13.7. The van der Waals surface area contributed by atoms with Crippen LogP contribution in [-0.4, -0.2) is 5.78 Å². The summed E-state index contributed by atoms with van der Waals surface area (Å²) in [5.41, 5.74) is 0.347. The molecule has 21 heavy (non-hydrogen) atoms.